The van der Waals surface area contributed by atoms with Gasteiger partial charge in [0.1, 0.15) is 12.3 Å². The summed E-state index contributed by atoms with van der Waals surface area (Å²) < 4.78 is 5.50. The third kappa shape index (κ3) is 4.15. The van der Waals surface area contributed by atoms with Crippen molar-refractivity contribution >= 4 is 29.1 Å². The van der Waals surface area contributed by atoms with Crippen LogP contribution in [0, 0.1) is 0 Å². The summed E-state index contributed by atoms with van der Waals surface area (Å²) >= 11 is 0. The Morgan fingerprint density at radius 1 is 1.07 bits per heavy atom. The summed E-state index contributed by atoms with van der Waals surface area (Å²) in [4.78, 5) is 41.0. The Balaban J connectivity index is 1.53. The molecular formula is C23H25N3O4. The van der Waals surface area contributed by atoms with Crippen molar-refractivity contribution in [3.8, 4) is 5.75 Å². The highest BCUT2D eigenvalue weighted by Crippen LogP contribution is 2.33. The van der Waals surface area contributed by atoms with E-state index in [9.17, 15) is 14.4 Å². The maximum atomic E-state index is 12.7. The van der Waals surface area contributed by atoms with Crippen LogP contribution in [0.2, 0.25) is 0 Å². The van der Waals surface area contributed by atoms with E-state index in [1.807, 2.05) is 24.3 Å². The van der Waals surface area contributed by atoms with E-state index in [1.165, 1.54) is 10.5 Å². The second-order valence-corrected chi connectivity index (χ2v) is 7.54. The molecule has 156 valence electrons. The number of hydrogen-bond donors (Lipinski definition) is 1. The van der Waals surface area contributed by atoms with Gasteiger partial charge < -0.3 is 15.0 Å². The number of hydrogen-bond acceptors (Lipinski definition) is 4. The summed E-state index contributed by atoms with van der Waals surface area (Å²) in [7, 11) is 0. The summed E-state index contributed by atoms with van der Waals surface area (Å²) in [6, 6.07) is 12.6. The number of fused-ring (bicyclic) bond motifs is 1. The Bertz CT molecular complexity index is 965. The molecule has 30 heavy (non-hydrogen) atoms. The van der Waals surface area contributed by atoms with Gasteiger partial charge in [-0.25, -0.2) is 0 Å². The molecular weight excluding hydrogens is 382 g/mol. The van der Waals surface area contributed by atoms with Gasteiger partial charge in [-0.05, 0) is 55.2 Å². The first-order valence-electron chi connectivity index (χ1n) is 10.3. The van der Waals surface area contributed by atoms with Crippen LogP contribution in [0.4, 0.5) is 11.4 Å². The molecule has 0 bridgehead atoms. The Morgan fingerprint density at radius 2 is 1.80 bits per heavy atom. The highest BCUT2D eigenvalue weighted by atomic mass is 16.5. The number of benzene rings is 2. The standard InChI is InChI=1S/C23H25N3O4/c1-2-16-5-8-18(9-6-16)24-23(29)17-7-10-20-19(13-17)26(22(28)15-30-20)14-21(27)25-11-3-4-12-25/h5-10,13H,2-4,11-12,14-15H2,1H3,(H,24,29). The molecule has 0 radical (unpaired) electrons. The van der Waals surface area contributed by atoms with Crippen LogP contribution in [0.15, 0.2) is 42.5 Å². The second-order valence-electron chi connectivity index (χ2n) is 7.54. The highest BCUT2D eigenvalue weighted by Gasteiger charge is 2.30. The Hall–Kier alpha value is -3.35. The number of likely N-dealkylation sites (tertiary alicyclic amines) is 1. The maximum absolute atomic E-state index is 12.7. The third-order valence-electron chi connectivity index (χ3n) is 5.54. The van der Waals surface area contributed by atoms with Crippen molar-refractivity contribution in [1.82, 2.24) is 4.90 Å². The average Bonchev–Trinajstić information content (AvgIpc) is 3.31. The van der Waals surface area contributed by atoms with E-state index in [-0.39, 0.29) is 30.9 Å². The molecule has 0 atom stereocenters. The molecule has 0 spiro atoms. The lowest BCUT2D eigenvalue weighted by Crippen LogP contribution is -2.46. The van der Waals surface area contributed by atoms with Crippen LogP contribution < -0.4 is 15.0 Å². The van der Waals surface area contributed by atoms with Crippen molar-refractivity contribution < 1.29 is 19.1 Å². The maximum Gasteiger partial charge on any atom is 0.265 e. The highest BCUT2D eigenvalue weighted by molar-refractivity contribution is 6.07. The fourth-order valence-electron chi connectivity index (χ4n) is 3.75. The molecule has 2 aromatic rings. The number of anilines is 2. The van der Waals surface area contributed by atoms with Crippen LogP contribution in [0.3, 0.4) is 0 Å². The topological polar surface area (TPSA) is 79.0 Å². The number of aryl methyl sites for hydroxylation is 1. The van der Waals surface area contributed by atoms with E-state index in [2.05, 4.69) is 12.2 Å². The molecule has 0 aliphatic carbocycles. The third-order valence-corrected chi connectivity index (χ3v) is 5.54. The lowest BCUT2D eigenvalue weighted by molar-refractivity contribution is -0.131. The summed E-state index contributed by atoms with van der Waals surface area (Å²) in [6.45, 7) is 3.37. The molecule has 0 aromatic heterocycles. The van der Waals surface area contributed by atoms with E-state index >= 15 is 0 Å². The molecule has 2 aliphatic rings. The number of ether oxygens (including phenoxy) is 1. The van der Waals surface area contributed by atoms with E-state index in [4.69, 9.17) is 4.74 Å². The van der Waals surface area contributed by atoms with Crippen LogP contribution in [0.1, 0.15) is 35.7 Å². The molecule has 2 heterocycles. The molecule has 3 amide bonds. The predicted octanol–water partition coefficient (Wildman–Crippen LogP) is 2.85. The number of nitrogens with zero attached hydrogens (tertiary/aromatic N) is 2. The molecule has 0 unspecified atom stereocenters. The van der Waals surface area contributed by atoms with Gasteiger partial charge in [0.25, 0.3) is 11.8 Å². The Morgan fingerprint density at radius 3 is 2.50 bits per heavy atom. The summed E-state index contributed by atoms with van der Waals surface area (Å²) in [5, 5.41) is 2.87. The van der Waals surface area contributed by atoms with Gasteiger partial charge in [-0.3, -0.25) is 19.3 Å². The second kappa shape index (κ2) is 8.57. The van der Waals surface area contributed by atoms with E-state index in [0.717, 1.165) is 32.4 Å². The fourth-order valence-corrected chi connectivity index (χ4v) is 3.75. The minimum atomic E-state index is -0.289. The number of carbonyl (C=O) groups is 3. The van der Waals surface area contributed by atoms with Gasteiger partial charge >= 0.3 is 0 Å². The molecule has 2 aliphatic heterocycles. The molecule has 7 heteroatoms. The molecule has 1 N–H and O–H groups in total. The fraction of sp³-hybridized carbons (Fsp3) is 0.348. The van der Waals surface area contributed by atoms with E-state index < -0.39 is 0 Å². The number of carbonyl (C=O) groups excluding carboxylic acids is 3. The van der Waals surface area contributed by atoms with Crippen LogP contribution >= 0.6 is 0 Å². The summed E-state index contributed by atoms with van der Waals surface area (Å²) in [5.74, 6) is -0.166. The van der Waals surface area contributed by atoms with Gasteiger partial charge in [-0.1, -0.05) is 19.1 Å². The normalized spacial score (nSPS) is 15.6. The van der Waals surface area contributed by atoms with Crippen molar-refractivity contribution in [1.29, 1.82) is 0 Å². The van der Waals surface area contributed by atoms with Crippen molar-refractivity contribution in [2.45, 2.75) is 26.2 Å². The monoisotopic (exact) mass is 407 g/mol. The SMILES string of the molecule is CCc1ccc(NC(=O)c2ccc3c(c2)N(CC(=O)N2CCCC2)C(=O)CO3)cc1. The molecule has 1 fully saturated rings. The van der Waals surface area contributed by atoms with Crippen LogP contribution in [-0.2, 0) is 16.0 Å². The van der Waals surface area contributed by atoms with Gasteiger partial charge in [-0.15, -0.1) is 0 Å². The minimum Gasteiger partial charge on any atom is -0.482 e. The lowest BCUT2D eigenvalue weighted by atomic mass is 10.1. The predicted molar refractivity (Wildman–Crippen MR) is 114 cm³/mol. The quantitative estimate of drug-likeness (QED) is 0.827. The summed E-state index contributed by atoms with van der Waals surface area (Å²) in [6.07, 6.45) is 2.91. The first kappa shape index (κ1) is 19.9. The van der Waals surface area contributed by atoms with Gasteiger partial charge in [0, 0.05) is 24.3 Å². The van der Waals surface area contributed by atoms with Gasteiger partial charge in [0.05, 0.1) is 5.69 Å². The number of nitrogens with one attached hydrogen (secondary N) is 1. The van der Waals surface area contributed by atoms with Crippen molar-refractivity contribution in [3.63, 3.8) is 0 Å². The zero-order valence-electron chi connectivity index (χ0n) is 17.0. The van der Waals surface area contributed by atoms with Gasteiger partial charge in [0.2, 0.25) is 5.91 Å². The number of amides is 3. The van der Waals surface area contributed by atoms with Crippen molar-refractivity contribution in [2.75, 3.05) is 36.5 Å². The Labute approximate surface area is 175 Å². The minimum absolute atomic E-state index is 0.0429. The zero-order chi connectivity index (χ0) is 21.1. The molecule has 2 aromatic carbocycles. The van der Waals surface area contributed by atoms with Crippen molar-refractivity contribution in [3.05, 3.63) is 53.6 Å². The van der Waals surface area contributed by atoms with Crippen molar-refractivity contribution in [2.24, 2.45) is 0 Å². The van der Waals surface area contributed by atoms with Gasteiger partial charge in [-0.2, -0.15) is 0 Å². The van der Waals surface area contributed by atoms with Crippen LogP contribution in [0.5, 0.6) is 5.75 Å². The lowest BCUT2D eigenvalue weighted by Gasteiger charge is -2.30. The first-order valence-corrected chi connectivity index (χ1v) is 10.3. The largest absolute Gasteiger partial charge is 0.482 e. The average molecular weight is 407 g/mol. The van der Waals surface area contributed by atoms with E-state index in [1.54, 1.807) is 23.1 Å². The molecule has 7 nitrogen and oxygen atoms in total. The van der Waals surface area contributed by atoms with Gasteiger partial charge in [0.15, 0.2) is 6.61 Å². The Kier molecular flexibility index (Phi) is 5.70. The number of rotatable bonds is 5. The first-order chi connectivity index (χ1) is 14.5. The smallest absolute Gasteiger partial charge is 0.265 e. The molecule has 1 saturated heterocycles. The van der Waals surface area contributed by atoms with Crippen LogP contribution in [0.25, 0.3) is 0 Å². The van der Waals surface area contributed by atoms with Crippen LogP contribution in [-0.4, -0.2) is 48.9 Å². The molecule has 4 rings (SSSR count). The zero-order valence-corrected chi connectivity index (χ0v) is 17.0. The molecule has 0 saturated carbocycles. The summed E-state index contributed by atoms with van der Waals surface area (Å²) in [5.41, 5.74) is 2.73. The van der Waals surface area contributed by atoms with E-state index in [0.29, 0.717) is 22.7 Å².